The van der Waals surface area contributed by atoms with Crippen molar-refractivity contribution in [1.29, 1.82) is 0 Å². The highest BCUT2D eigenvalue weighted by Crippen LogP contribution is 2.45. The molecule has 8 aromatic carbocycles. The fraction of sp³-hybridized carbons (Fsp3) is 0.306. The second kappa shape index (κ2) is 25.5. The highest BCUT2D eigenvalue weighted by molar-refractivity contribution is 6.08. The molecule has 82 heavy (non-hydrogen) atoms. The van der Waals surface area contributed by atoms with Gasteiger partial charge in [-0.15, -0.1) is 0 Å². The Balaban J connectivity index is 1.13. The van der Waals surface area contributed by atoms with Crippen molar-refractivity contribution in [3.05, 3.63) is 202 Å². The molecule has 10 bridgehead atoms. The third kappa shape index (κ3) is 11.4. The molecule has 3 heterocycles. The largest absolute Gasteiger partial charge is 0.493 e. The van der Waals surface area contributed by atoms with E-state index in [1.807, 2.05) is 0 Å². The molecule has 0 spiro atoms. The van der Waals surface area contributed by atoms with Crippen molar-refractivity contribution in [2.24, 2.45) is 14.1 Å². The molecule has 0 radical (unpaired) electrons. The number of nitrogens with zero attached hydrogens (tertiary/aromatic N) is 2. The summed E-state index contributed by atoms with van der Waals surface area (Å²) in [5.74, 6) is 3.46. The Bertz CT molecular complexity index is 3470. The molecule has 418 valence electrons. The van der Waals surface area contributed by atoms with Crippen LogP contribution >= 0.6 is 0 Å². The van der Waals surface area contributed by atoms with Crippen LogP contribution in [-0.4, -0.2) is 79.3 Å². The predicted octanol–water partition coefficient (Wildman–Crippen LogP) is 13.4. The molecular weight excluding hydrogens is 1020 g/mol. The van der Waals surface area contributed by atoms with Crippen molar-refractivity contribution in [3.8, 4) is 45.3 Å². The molecule has 1 aliphatic heterocycles. The molecule has 0 unspecified atom stereocenters. The monoisotopic (exact) mass is 1090 g/mol. The number of aryl methyl sites for hydroxylation is 2. The van der Waals surface area contributed by atoms with E-state index in [-0.39, 0.29) is 0 Å². The lowest BCUT2D eigenvalue weighted by atomic mass is 9.86. The number of hydrogen-bond acceptors (Lipinski definition) is 8. The van der Waals surface area contributed by atoms with Gasteiger partial charge in [-0.1, -0.05) is 98.8 Å². The number of rotatable bonds is 8. The fourth-order valence-corrected chi connectivity index (χ4v) is 12.4. The molecular formula is C72H74N2O8+2. The molecule has 0 saturated heterocycles. The van der Waals surface area contributed by atoms with E-state index in [2.05, 4.69) is 195 Å². The summed E-state index contributed by atoms with van der Waals surface area (Å²) < 4.78 is 57.3. The topological polar surface area (TPSA) is 81.6 Å². The molecule has 2 aliphatic rings. The van der Waals surface area contributed by atoms with Gasteiger partial charge in [-0.05, 0) is 117 Å². The van der Waals surface area contributed by atoms with Crippen LogP contribution in [0.2, 0.25) is 0 Å². The highest BCUT2D eigenvalue weighted by atomic mass is 16.6. The number of fused-ring (bicyclic) bond motifs is 6. The van der Waals surface area contributed by atoms with E-state index in [0.717, 1.165) is 114 Å². The van der Waals surface area contributed by atoms with E-state index < -0.39 is 0 Å². The molecule has 10 heteroatoms. The first-order valence-electron chi connectivity index (χ1n) is 29.4. The van der Waals surface area contributed by atoms with Gasteiger partial charge >= 0.3 is 0 Å². The summed E-state index contributed by atoms with van der Waals surface area (Å²) in [7, 11) is 4.33. The number of aromatic nitrogens is 2. The SMILES string of the molecule is CCCOc1c2cccc1Cc1cc(-c3c4ccccc4[n+](C)c4ccccc34)cc3c1OCCOCCOCCOCCOCCOc1c(cc(-c4c5ccccc5[n+](C)c5ccccc45)cc1Cc1cccc(c1OCCC)C3)C2. The summed E-state index contributed by atoms with van der Waals surface area (Å²) in [6.07, 6.45) is 3.87. The number of para-hydroxylation sites is 6. The fourth-order valence-electron chi connectivity index (χ4n) is 12.4. The summed E-state index contributed by atoms with van der Waals surface area (Å²) in [6.45, 7) is 9.66. The van der Waals surface area contributed by atoms with Crippen molar-refractivity contribution < 1.29 is 47.0 Å². The maximum atomic E-state index is 7.16. The molecule has 1 aliphatic carbocycles. The number of hydrogen-bond donors (Lipinski definition) is 0. The smallest absolute Gasteiger partial charge is 0.213 e. The van der Waals surface area contributed by atoms with Gasteiger partial charge in [0.05, 0.1) is 87.6 Å². The van der Waals surface area contributed by atoms with Crippen LogP contribution in [0.5, 0.6) is 23.0 Å². The van der Waals surface area contributed by atoms with Crippen LogP contribution in [0.15, 0.2) is 158 Å². The zero-order valence-corrected chi connectivity index (χ0v) is 47.9. The second-order valence-electron chi connectivity index (χ2n) is 21.5. The summed E-state index contributed by atoms with van der Waals surface area (Å²) in [6, 6.07) is 57.9. The molecule has 10 aromatic rings. The van der Waals surface area contributed by atoms with Gasteiger partial charge < -0.3 is 37.9 Å². The van der Waals surface area contributed by atoms with Crippen molar-refractivity contribution in [2.75, 3.05) is 79.3 Å². The van der Waals surface area contributed by atoms with Crippen molar-refractivity contribution in [3.63, 3.8) is 0 Å². The third-order valence-corrected chi connectivity index (χ3v) is 16.0. The maximum Gasteiger partial charge on any atom is 0.213 e. The Morgan fingerprint density at radius 3 is 0.915 bits per heavy atom. The Morgan fingerprint density at radius 1 is 0.341 bits per heavy atom. The molecule has 10 nitrogen and oxygen atoms in total. The van der Waals surface area contributed by atoms with Gasteiger partial charge in [-0.2, -0.15) is 9.13 Å². The minimum Gasteiger partial charge on any atom is -0.493 e. The lowest BCUT2D eigenvalue weighted by Gasteiger charge is -2.24. The van der Waals surface area contributed by atoms with E-state index in [1.54, 1.807) is 0 Å². The minimum absolute atomic E-state index is 0.345. The summed E-state index contributed by atoms with van der Waals surface area (Å²) >= 11 is 0. The number of benzene rings is 8. The Kier molecular flexibility index (Phi) is 17.0. The van der Waals surface area contributed by atoms with E-state index in [4.69, 9.17) is 37.9 Å². The molecule has 0 saturated carbocycles. The van der Waals surface area contributed by atoms with Crippen LogP contribution in [0, 0.1) is 0 Å². The minimum atomic E-state index is 0.345. The van der Waals surface area contributed by atoms with Crippen LogP contribution in [0.25, 0.3) is 65.9 Å². The standard InChI is InChI=1S/C72H74N2O8/c1-5-29-79-69-49-17-15-18-50(69)42-56-46-54(68-61-23-9-13-27-65(61)74(4)66-28-14-10-24-62(66)68)48-58-44-52-20-16-19-51(70(52)80-30-6-2)43-57-47-53(67-59-21-7-11-25-63(59)73(3)64-26-12-8-22-60(64)67)45-55(41-49)71(57)81-39-37-77-35-33-75-31-32-76-34-36-78-38-40-82-72(56)58/h7-28,45-48H,5-6,29-44H2,1-4H3/q+2. The zero-order valence-electron chi connectivity index (χ0n) is 47.9. The van der Waals surface area contributed by atoms with Gasteiger partial charge in [0, 0.05) is 61.1 Å². The Hall–Kier alpha value is -7.86. The van der Waals surface area contributed by atoms with Crippen LogP contribution in [0.3, 0.4) is 0 Å². The summed E-state index contributed by atoms with van der Waals surface area (Å²) in [4.78, 5) is 0. The first-order valence-corrected chi connectivity index (χ1v) is 29.4. The molecule has 0 fully saturated rings. The number of pyridine rings is 2. The normalized spacial score (nSPS) is 14.8. The summed E-state index contributed by atoms with van der Waals surface area (Å²) in [5, 5.41) is 4.72. The molecule has 0 atom stereocenters. The average Bonchev–Trinajstić information content (AvgIpc) is 3.39. The predicted molar refractivity (Wildman–Crippen MR) is 326 cm³/mol. The lowest BCUT2D eigenvalue weighted by molar-refractivity contribution is -0.617. The van der Waals surface area contributed by atoms with Crippen molar-refractivity contribution in [1.82, 2.24) is 0 Å². The molecule has 2 aromatic heterocycles. The maximum absolute atomic E-state index is 7.16. The Labute approximate surface area is 481 Å². The van der Waals surface area contributed by atoms with Gasteiger partial charge in [-0.25, -0.2) is 0 Å². The average molecular weight is 1100 g/mol. The zero-order chi connectivity index (χ0) is 55.8. The molecule has 0 amide bonds. The van der Waals surface area contributed by atoms with Crippen molar-refractivity contribution >= 4 is 43.6 Å². The number of ether oxygens (including phenoxy) is 8. The van der Waals surface area contributed by atoms with E-state index in [1.165, 1.54) is 32.7 Å². The van der Waals surface area contributed by atoms with Crippen LogP contribution in [0.4, 0.5) is 0 Å². The van der Waals surface area contributed by atoms with Gasteiger partial charge in [0.1, 0.15) is 50.3 Å². The highest BCUT2D eigenvalue weighted by Gasteiger charge is 2.28. The van der Waals surface area contributed by atoms with E-state index in [0.29, 0.717) is 105 Å². The van der Waals surface area contributed by atoms with E-state index in [9.17, 15) is 0 Å². The van der Waals surface area contributed by atoms with Gasteiger partial charge in [0.15, 0.2) is 0 Å². The van der Waals surface area contributed by atoms with Gasteiger partial charge in [-0.3, -0.25) is 0 Å². The van der Waals surface area contributed by atoms with Crippen LogP contribution < -0.4 is 28.1 Å². The van der Waals surface area contributed by atoms with Crippen LogP contribution in [-0.2, 0) is 58.7 Å². The Morgan fingerprint density at radius 2 is 0.622 bits per heavy atom. The lowest BCUT2D eigenvalue weighted by Crippen LogP contribution is -2.30. The third-order valence-electron chi connectivity index (χ3n) is 16.0. The first kappa shape index (κ1) is 54.7. The first-order chi connectivity index (χ1) is 40.5. The molecule has 0 N–H and O–H groups in total. The van der Waals surface area contributed by atoms with E-state index >= 15 is 0 Å². The summed E-state index contributed by atoms with van der Waals surface area (Å²) in [5.41, 5.74) is 17.8. The molecule has 12 rings (SSSR count). The van der Waals surface area contributed by atoms with Crippen LogP contribution in [0.1, 0.15) is 71.2 Å². The second-order valence-corrected chi connectivity index (χ2v) is 21.5. The van der Waals surface area contributed by atoms with Crippen molar-refractivity contribution in [2.45, 2.75) is 52.4 Å². The van der Waals surface area contributed by atoms with Gasteiger partial charge in [0.2, 0.25) is 22.1 Å². The van der Waals surface area contributed by atoms with Gasteiger partial charge in [0.25, 0.3) is 0 Å². The quantitative estimate of drug-likeness (QED) is 0.110.